The molecule has 10 heavy (non-hydrogen) atoms. The minimum atomic E-state index is 1.01. The van der Waals surface area contributed by atoms with Crippen LogP contribution < -0.4 is 4.98 Å². The van der Waals surface area contributed by atoms with E-state index in [-0.39, 0.29) is 0 Å². The molecule has 0 amide bonds. The lowest BCUT2D eigenvalue weighted by Gasteiger charge is -1.84. The topological polar surface area (TPSA) is 32.0 Å². The van der Waals surface area contributed by atoms with Crippen LogP contribution in [0.5, 0.6) is 0 Å². The molecule has 0 radical (unpaired) electrons. The van der Waals surface area contributed by atoms with Gasteiger partial charge in [-0.1, -0.05) is 0 Å². The molecule has 2 aromatic heterocycles. The van der Waals surface area contributed by atoms with E-state index in [2.05, 4.69) is 9.97 Å². The van der Waals surface area contributed by atoms with E-state index in [1.807, 2.05) is 30.1 Å². The van der Waals surface area contributed by atoms with Gasteiger partial charge in [-0.25, -0.2) is 4.98 Å². The van der Waals surface area contributed by atoms with Crippen molar-refractivity contribution in [2.24, 2.45) is 7.05 Å². The summed E-state index contributed by atoms with van der Waals surface area (Å²) in [5, 5.41) is 1.14. The zero-order valence-electron chi connectivity index (χ0n) is 5.70. The number of nitrogens with one attached hydrogen (secondary N) is 1. The van der Waals surface area contributed by atoms with Gasteiger partial charge in [-0.05, 0) is 11.1 Å². The van der Waals surface area contributed by atoms with Gasteiger partial charge in [0.2, 0.25) is 0 Å². The summed E-state index contributed by atoms with van der Waals surface area (Å²) in [5.41, 5.74) is 1.01. The van der Waals surface area contributed by atoms with Crippen molar-refractivity contribution >= 4 is 11.0 Å². The van der Waals surface area contributed by atoms with Crippen molar-refractivity contribution in [1.29, 1.82) is 0 Å². The first-order valence-electron chi connectivity index (χ1n) is 3.15. The van der Waals surface area contributed by atoms with Crippen LogP contribution in [0, 0.1) is 0 Å². The monoisotopic (exact) mass is 134 g/mol. The molecular weight excluding hydrogens is 126 g/mol. The molecule has 0 aliphatic heterocycles. The van der Waals surface area contributed by atoms with Crippen LogP contribution in [0.1, 0.15) is 0 Å². The first-order valence-corrected chi connectivity index (χ1v) is 3.15. The molecule has 0 atom stereocenters. The molecule has 2 heterocycles. The second kappa shape index (κ2) is 1.80. The normalized spacial score (nSPS) is 10.5. The van der Waals surface area contributed by atoms with Crippen molar-refractivity contribution < 1.29 is 4.98 Å². The van der Waals surface area contributed by atoms with Gasteiger partial charge in [-0.3, -0.25) is 0 Å². The maximum absolute atomic E-state index is 4.15. The Kier molecular flexibility index (Phi) is 0.974. The van der Waals surface area contributed by atoms with Crippen LogP contribution in [0.3, 0.4) is 0 Å². The molecule has 3 nitrogen and oxygen atoms in total. The summed E-state index contributed by atoms with van der Waals surface area (Å²) in [7, 11) is 1.98. The molecule has 2 aromatic rings. The number of hydrogen-bond donors (Lipinski definition) is 0. The van der Waals surface area contributed by atoms with Crippen LogP contribution in [0.25, 0.3) is 11.0 Å². The SMILES string of the molecule is Cn1ccc2c[nH+]cnc21. The lowest BCUT2D eigenvalue weighted by molar-refractivity contribution is -0.380. The fourth-order valence-electron chi connectivity index (χ4n) is 1.04. The van der Waals surface area contributed by atoms with E-state index in [4.69, 9.17) is 0 Å². The number of H-pyrrole nitrogens is 1. The van der Waals surface area contributed by atoms with Gasteiger partial charge in [0, 0.05) is 13.2 Å². The lowest BCUT2D eigenvalue weighted by atomic mass is 10.4. The number of aromatic amines is 1. The van der Waals surface area contributed by atoms with E-state index < -0.39 is 0 Å². The van der Waals surface area contributed by atoms with E-state index in [1.54, 1.807) is 6.33 Å². The number of fused-ring (bicyclic) bond motifs is 1. The van der Waals surface area contributed by atoms with Gasteiger partial charge in [-0.2, -0.15) is 0 Å². The molecular formula is C7H8N3+. The molecule has 2 rings (SSSR count). The lowest BCUT2D eigenvalue weighted by Crippen LogP contribution is -2.00. The maximum atomic E-state index is 4.15. The Bertz CT molecular complexity index is 350. The van der Waals surface area contributed by atoms with E-state index >= 15 is 0 Å². The Morgan fingerprint density at radius 3 is 3.30 bits per heavy atom. The number of aryl methyl sites for hydroxylation is 1. The second-order valence-corrected chi connectivity index (χ2v) is 2.27. The molecule has 0 fully saturated rings. The van der Waals surface area contributed by atoms with E-state index in [0.29, 0.717) is 0 Å². The largest absolute Gasteiger partial charge is 0.315 e. The van der Waals surface area contributed by atoms with Crippen LogP contribution in [-0.4, -0.2) is 9.55 Å². The zero-order valence-corrected chi connectivity index (χ0v) is 5.70. The average Bonchev–Trinajstić information content (AvgIpc) is 2.34. The average molecular weight is 134 g/mol. The number of hydrogen-bond acceptors (Lipinski definition) is 1. The van der Waals surface area contributed by atoms with Gasteiger partial charge in [-0.15, -0.1) is 0 Å². The van der Waals surface area contributed by atoms with Crippen LogP contribution in [0.4, 0.5) is 0 Å². The molecule has 0 unspecified atom stereocenters. The van der Waals surface area contributed by atoms with E-state index in [1.165, 1.54) is 0 Å². The molecule has 0 bridgehead atoms. The third kappa shape index (κ3) is 0.603. The Morgan fingerprint density at radius 2 is 2.50 bits per heavy atom. The van der Waals surface area contributed by atoms with Crippen molar-refractivity contribution in [2.45, 2.75) is 0 Å². The minimum Gasteiger partial charge on any atom is -0.315 e. The first kappa shape index (κ1) is 5.41. The fraction of sp³-hybridized carbons (Fsp3) is 0.143. The molecule has 0 aromatic carbocycles. The molecule has 0 spiro atoms. The standard InChI is InChI=1S/C7H7N3/c1-10-3-2-6-4-8-5-9-7(6)10/h2-5H,1H3/p+1. The molecule has 0 aliphatic rings. The number of aromatic nitrogens is 3. The summed E-state index contributed by atoms with van der Waals surface area (Å²) in [6.07, 6.45) is 5.61. The molecule has 0 aliphatic carbocycles. The van der Waals surface area contributed by atoms with Gasteiger partial charge in [0.1, 0.15) is 6.20 Å². The van der Waals surface area contributed by atoms with Crippen LogP contribution in [0.2, 0.25) is 0 Å². The van der Waals surface area contributed by atoms with Gasteiger partial charge in [0.05, 0.1) is 5.39 Å². The highest BCUT2D eigenvalue weighted by atomic mass is 15.0. The van der Waals surface area contributed by atoms with Crippen LogP contribution >= 0.6 is 0 Å². The Balaban J connectivity index is 2.93. The van der Waals surface area contributed by atoms with Crippen molar-refractivity contribution in [3.63, 3.8) is 0 Å². The molecule has 0 saturated heterocycles. The Hall–Kier alpha value is -1.38. The van der Waals surface area contributed by atoms with Gasteiger partial charge >= 0.3 is 0 Å². The van der Waals surface area contributed by atoms with Crippen molar-refractivity contribution in [1.82, 2.24) is 9.55 Å². The predicted molar refractivity (Wildman–Crippen MR) is 37.3 cm³/mol. The summed E-state index contributed by atoms with van der Waals surface area (Å²) >= 11 is 0. The van der Waals surface area contributed by atoms with E-state index in [0.717, 1.165) is 11.0 Å². The molecule has 0 saturated carbocycles. The Labute approximate surface area is 58.3 Å². The molecule has 50 valence electrons. The smallest absolute Gasteiger partial charge is 0.286 e. The highest BCUT2D eigenvalue weighted by Gasteiger charge is 2.01. The highest BCUT2D eigenvalue weighted by molar-refractivity contribution is 5.73. The summed E-state index contributed by atoms with van der Waals surface area (Å²) in [4.78, 5) is 7.07. The summed E-state index contributed by atoms with van der Waals surface area (Å²) < 4.78 is 1.99. The van der Waals surface area contributed by atoms with Gasteiger partial charge in [0.15, 0.2) is 0 Å². The summed E-state index contributed by atoms with van der Waals surface area (Å²) in [6, 6.07) is 2.03. The van der Waals surface area contributed by atoms with Gasteiger partial charge < -0.3 is 4.57 Å². The summed E-state index contributed by atoms with van der Waals surface area (Å²) in [5.74, 6) is 0. The highest BCUT2D eigenvalue weighted by Crippen LogP contribution is 2.06. The van der Waals surface area contributed by atoms with Crippen molar-refractivity contribution in [2.75, 3.05) is 0 Å². The number of nitrogens with zero attached hydrogens (tertiary/aromatic N) is 2. The third-order valence-corrected chi connectivity index (χ3v) is 1.57. The van der Waals surface area contributed by atoms with Crippen molar-refractivity contribution in [3.8, 4) is 0 Å². The Morgan fingerprint density at radius 1 is 1.60 bits per heavy atom. The quantitative estimate of drug-likeness (QED) is 0.512. The minimum absolute atomic E-state index is 1.01. The third-order valence-electron chi connectivity index (χ3n) is 1.57. The van der Waals surface area contributed by atoms with Crippen LogP contribution in [-0.2, 0) is 7.05 Å². The molecule has 1 N–H and O–H groups in total. The first-order chi connectivity index (χ1) is 4.88. The van der Waals surface area contributed by atoms with Gasteiger partial charge in [0.25, 0.3) is 12.0 Å². The summed E-state index contributed by atoms with van der Waals surface area (Å²) in [6.45, 7) is 0. The number of rotatable bonds is 0. The predicted octanol–water partition coefficient (Wildman–Crippen LogP) is 0.387. The zero-order chi connectivity index (χ0) is 6.97. The molecule has 3 heteroatoms. The van der Waals surface area contributed by atoms with Crippen LogP contribution in [0.15, 0.2) is 24.8 Å². The second-order valence-electron chi connectivity index (χ2n) is 2.27. The van der Waals surface area contributed by atoms with Crippen molar-refractivity contribution in [3.05, 3.63) is 24.8 Å². The fourth-order valence-corrected chi connectivity index (χ4v) is 1.04. The maximum Gasteiger partial charge on any atom is 0.286 e. The van der Waals surface area contributed by atoms with E-state index in [9.17, 15) is 0 Å².